The quantitative estimate of drug-likeness (QED) is 0.882. The van der Waals surface area contributed by atoms with Crippen LogP contribution in [0.15, 0.2) is 12.3 Å². The number of ether oxygens (including phenoxy) is 1. The lowest BCUT2D eigenvalue weighted by Crippen LogP contribution is -2.19. The highest BCUT2D eigenvalue weighted by Gasteiger charge is 2.32. The Bertz CT molecular complexity index is 631. The molecule has 1 amide bonds. The lowest BCUT2D eigenvalue weighted by atomic mass is 10.2. The average Bonchev–Trinajstić information content (AvgIpc) is 2.28. The van der Waals surface area contributed by atoms with Crippen LogP contribution in [-0.4, -0.2) is 32.4 Å². The molecule has 1 heterocycles. The number of nitrogens with one attached hydrogen (secondary N) is 2. The summed E-state index contributed by atoms with van der Waals surface area (Å²) in [7, 11) is -3.78. The van der Waals surface area contributed by atoms with E-state index in [0.717, 1.165) is 6.26 Å². The molecule has 1 aromatic heterocycles. The van der Waals surface area contributed by atoms with Crippen molar-refractivity contribution < 1.29 is 31.1 Å². The van der Waals surface area contributed by atoms with Crippen LogP contribution < -0.4 is 10.0 Å². The van der Waals surface area contributed by atoms with Crippen LogP contribution in [0.3, 0.4) is 0 Å². The normalized spacial score (nSPS) is 11.9. The van der Waals surface area contributed by atoms with Crippen LogP contribution >= 0.6 is 0 Å². The Hall–Kier alpha value is -2.04. The molecule has 0 saturated heterocycles. The molecule has 0 saturated carbocycles. The van der Waals surface area contributed by atoms with Crippen LogP contribution in [0.25, 0.3) is 0 Å². The first-order chi connectivity index (χ1) is 9.53. The van der Waals surface area contributed by atoms with Gasteiger partial charge in [-0.1, -0.05) is 0 Å². The van der Waals surface area contributed by atoms with Crippen molar-refractivity contribution in [1.29, 1.82) is 0 Å². The number of carbonyl (C=O) groups is 1. The van der Waals surface area contributed by atoms with E-state index in [1.807, 2.05) is 10.0 Å². The monoisotopic (exact) mass is 327 g/mol. The summed E-state index contributed by atoms with van der Waals surface area (Å²) in [5.41, 5.74) is -1.61. The standard InChI is InChI=1S/C10H12F3N3O4S/c1-3-20-9(17)15-7-4-6(10(11,12)13)5-14-8(7)16-21(2,18)19/h4-5H,3H2,1-2H3,(H,14,16)(H,15,17). The van der Waals surface area contributed by atoms with E-state index in [-0.39, 0.29) is 6.61 Å². The summed E-state index contributed by atoms with van der Waals surface area (Å²) in [4.78, 5) is 14.6. The second kappa shape index (κ2) is 6.16. The van der Waals surface area contributed by atoms with Gasteiger partial charge < -0.3 is 4.74 Å². The SMILES string of the molecule is CCOC(=O)Nc1cc(C(F)(F)F)cnc1NS(C)(=O)=O. The summed E-state index contributed by atoms with van der Waals surface area (Å²) < 4.78 is 66.5. The molecule has 0 spiro atoms. The third-order valence-electron chi connectivity index (χ3n) is 2.01. The van der Waals surface area contributed by atoms with Gasteiger partial charge >= 0.3 is 12.3 Å². The van der Waals surface area contributed by atoms with Gasteiger partial charge in [0.05, 0.1) is 24.1 Å². The summed E-state index contributed by atoms with van der Waals surface area (Å²) in [6, 6.07) is 0.553. The topological polar surface area (TPSA) is 97.4 Å². The molecule has 0 aliphatic heterocycles. The van der Waals surface area contributed by atoms with Gasteiger partial charge in [0.1, 0.15) is 0 Å². The maximum absolute atomic E-state index is 12.6. The highest BCUT2D eigenvalue weighted by atomic mass is 32.2. The van der Waals surface area contributed by atoms with Crippen molar-refractivity contribution in [1.82, 2.24) is 4.98 Å². The van der Waals surface area contributed by atoms with Crippen LogP contribution in [0.5, 0.6) is 0 Å². The first kappa shape index (κ1) is 17.0. The first-order valence-electron chi connectivity index (χ1n) is 5.51. The minimum absolute atomic E-state index is 0.00688. The number of nitrogens with zero attached hydrogens (tertiary/aromatic N) is 1. The Morgan fingerprint density at radius 2 is 2.05 bits per heavy atom. The average molecular weight is 327 g/mol. The summed E-state index contributed by atoms with van der Waals surface area (Å²) in [6.07, 6.45) is -4.48. The molecule has 0 aromatic carbocycles. The van der Waals surface area contributed by atoms with Crippen LogP contribution in [0.1, 0.15) is 12.5 Å². The van der Waals surface area contributed by atoms with Gasteiger partial charge in [-0.25, -0.2) is 18.2 Å². The number of sulfonamides is 1. The fourth-order valence-electron chi connectivity index (χ4n) is 1.25. The minimum atomic E-state index is -4.69. The van der Waals surface area contributed by atoms with Gasteiger partial charge in [0.15, 0.2) is 5.82 Å². The molecule has 0 aliphatic rings. The number of rotatable bonds is 4. The van der Waals surface area contributed by atoms with Crippen molar-refractivity contribution in [2.45, 2.75) is 13.1 Å². The van der Waals surface area contributed by atoms with E-state index < -0.39 is 39.4 Å². The van der Waals surface area contributed by atoms with Crippen molar-refractivity contribution in [2.24, 2.45) is 0 Å². The van der Waals surface area contributed by atoms with Crippen molar-refractivity contribution >= 4 is 27.6 Å². The predicted octanol–water partition coefficient (Wildman–Crippen LogP) is 2.04. The van der Waals surface area contributed by atoms with Gasteiger partial charge in [0.25, 0.3) is 0 Å². The van der Waals surface area contributed by atoms with Crippen LogP contribution in [0, 0.1) is 0 Å². The molecule has 1 aromatic rings. The second-order valence-electron chi connectivity index (χ2n) is 3.84. The van der Waals surface area contributed by atoms with E-state index in [2.05, 4.69) is 9.72 Å². The fraction of sp³-hybridized carbons (Fsp3) is 0.400. The van der Waals surface area contributed by atoms with E-state index in [1.165, 1.54) is 6.92 Å². The number of amides is 1. The van der Waals surface area contributed by atoms with Crippen LogP contribution in [-0.2, 0) is 20.9 Å². The number of hydrogen-bond acceptors (Lipinski definition) is 5. The molecule has 11 heteroatoms. The lowest BCUT2D eigenvalue weighted by Gasteiger charge is -2.13. The number of alkyl halides is 3. The molecular formula is C10H12F3N3O4S. The number of aromatic nitrogens is 1. The van der Waals surface area contributed by atoms with E-state index in [9.17, 15) is 26.4 Å². The van der Waals surface area contributed by atoms with Gasteiger partial charge in [0.2, 0.25) is 10.0 Å². The van der Waals surface area contributed by atoms with E-state index in [4.69, 9.17) is 0 Å². The number of pyridine rings is 1. The molecule has 118 valence electrons. The fourth-order valence-corrected chi connectivity index (χ4v) is 1.76. The van der Waals surface area contributed by atoms with Crippen molar-refractivity contribution in [3.63, 3.8) is 0 Å². The Morgan fingerprint density at radius 1 is 1.43 bits per heavy atom. The number of carbonyl (C=O) groups excluding carboxylic acids is 1. The number of anilines is 2. The van der Waals surface area contributed by atoms with Crippen molar-refractivity contribution in [3.8, 4) is 0 Å². The van der Waals surface area contributed by atoms with Crippen molar-refractivity contribution in [2.75, 3.05) is 22.9 Å². The van der Waals surface area contributed by atoms with E-state index in [1.54, 1.807) is 0 Å². The van der Waals surface area contributed by atoms with E-state index in [0.29, 0.717) is 12.3 Å². The molecule has 21 heavy (non-hydrogen) atoms. The minimum Gasteiger partial charge on any atom is -0.450 e. The second-order valence-corrected chi connectivity index (χ2v) is 5.59. The van der Waals surface area contributed by atoms with Crippen molar-refractivity contribution in [3.05, 3.63) is 17.8 Å². The van der Waals surface area contributed by atoms with E-state index >= 15 is 0 Å². The van der Waals surface area contributed by atoms with Gasteiger partial charge in [-0.05, 0) is 13.0 Å². The summed E-state index contributed by atoms with van der Waals surface area (Å²) in [5, 5.41) is 2.00. The third kappa shape index (κ3) is 5.45. The molecule has 2 N–H and O–H groups in total. The zero-order chi connectivity index (χ0) is 16.3. The zero-order valence-corrected chi connectivity index (χ0v) is 11.8. The molecule has 7 nitrogen and oxygen atoms in total. The molecule has 0 fully saturated rings. The molecule has 0 aliphatic carbocycles. The molecule has 0 unspecified atom stereocenters. The maximum Gasteiger partial charge on any atom is 0.417 e. The van der Waals surface area contributed by atoms with Gasteiger partial charge in [0, 0.05) is 6.20 Å². The summed E-state index contributed by atoms with van der Waals surface area (Å²) in [5.74, 6) is -0.446. The Balaban J connectivity index is 3.21. The van der Waals surface area contributed by atoms with Gasteiger partial charge in [-0.3, -0.25) is 10.0 Å². The zero-order valence-electron chi connectivity index (χ0n) is 11.0. The Labute approximate surface area is 118 Å². The molecule has 0 radical (unpaired) electrons. The smallest absolute Gasteiger partial charge is 0.417 e. The summed E-state index contributed by atoms with van der Waals surface area (Å²) in [6.45, 7) is 1.49. The number of halogens is 3. The molecule has 0 bridgehead atoms. The largest absolute Gasteiger partial charge is 0.450 e. The van der Waals surface area contributed by atoms with Gasteiger partial charge in [-0.15, -0.1) is 0 Å². The number of hydrogen-bond donors (Lipinski definition) is 2. The lowest BCUT2D eigenvalue weighted by molar-refractivity contribution is -0.137. The predicted molar refractivity (Wildman–Crippen MR) is 68.4 cm³/mol. The Morgan fingerprint density at radius 3 is 2.52 bits per heavy atom. The highest BCUT2D eigenvalue weighted by molar-refractivity contribution is 7.92. The van der Waals surface area contributed by atoms with Crippen LogP contribution in [0.2, 0.25) is 0 Å². The molecular weight excluding hydrogens is 315 g/mol. The molecule has 1 rings (SSSR count). The molecule has 0 atom stereocenters. The first-order valence-corrected chi connectivity index (χ1v) is 7.41. The maximum atomic E-state index is 12.6. The highest BCUT2D eigenvalue weighted by Crippen LogP contribution is 2.32. The van der Waals surface area contributed by atoms with Crippen LogP contribution in [0.4, 0.5) is 29.5 Å². The Kier molecular flexibility index (Phi) is 4.99. The summed E-state index contributed by atoms with van der Waals surface area (Å²) >= 11 is 0. The van der Waals surface area contributed by atoms with Gasteiger partial charge in [-0.2, -0.15) is 13.2 Å². The third-order valence-corrected chi connectivity index (χ3v) is 2.57.